The van der Waals surface area contributed by atoms with Crippen LogP contribution in [0.3, 0.4) is 0 Å². The molecule has 0 atom stereocenters. The number of guanidine groups is 1. The van der Waals surface area contributed by atoms with Gasteiger partial charge in [-0.2, -0.15) is 0 Å². The molecule has 1 aromatic rings. The molecule has 0 radical (unpaired) electrons. The minimum Gasteiger partial charge on any atom is -0.379 e. The predicted molar refractivity (Wildman–Crippen MR) is 119 cm³/mol. The fourth-order valence-electron chi connectivity index (χ4n) is 2.58. The summed E-state index contributed by atoms with van der Waals surface area (Å²) < 4.78 is 5.35. The first-order valence-electron chi connectivity index (χ1n) is 9.23. The van der Waals surface area contributed by atoms with E-state index in [4.69, 9.17) is 4.74 Å². The Kier molecular flexibility index (Phi) is 11.9. The molecule has 0 unspecified atom stereocenters. The van der Waals surface area contributed by atoms with Gasteiger partial charge in [0.2, 0.25) is 5.91 Å². The van der Waals surface area contributed by atoms with Gasteiger partial charge >= 0.3 is 0 Å². The molecule has 9 heteroatoms. The smallest absolute Gasteiger partial charge is 0.227 e. The number of pyridine rings is 1. The molecule has 0 aromatic carbocycles. The SMILES string of the molecule is CCNC(=NCCN1CCOCC1)NCCC(=O)Nc1cccc(C)n1.I. The van der Waals surface area contributed by atoms with Crippen LogP contribution < -0.4 is 16.0 Å². The lowest BCUT2D eigenvalue weighted by Crippen LogP contribution is -2.40. The van der Waals surface area contributed by atoms with E-state index < -0.39 is 0 Å². The van der Waals surface area contributed by atoms with E-state index in [2.05, 4.69) is 30.8 Å². The third kappa shape index (κ3) is 9.87. The van der Waals surface area contributed by atoms with Crippen molar-refractivity contribution in [1.29, 1.82) is 0 Å². The number of ether oxygens (including phenoxy) is 1. The Bertz CT molecular complexity index is 593. The van der Waals surface area contributed by atoms with Crippen LogP contribution in [0, 0.1) is 6.92 Å². The lowest BCUT2D eigenvalue weighted by molar-refractivity contribution is -0.116. The quantitative estimate of drug-likeness (QED) is 0.289. The fourth-order valence-corrected chi connectivity index (χ4v) is 2.58. The van der Waals surface area contributed by atoms with Gasteiger partial charge in [-0.3, -0.25) is 14.7 Å². The van der Waals surface area contributed by atoms with Crippen LogP contribution in [0.4, 0.5) is 5.82 Å². The van der Waals surface area contributed by atoms with Gasteiger partial charge in [0, 0.05) is 44.8 Å². The summed E-state index contributed by atoms with van der Waals surface area (Å²) >= 11 is 0. The number of halogens is 1. The molecule has 0 bridgehead atoms. The largest absolute Gasteiger partial charge is 0.379 e. The van der Waals surface area contributed by atoms with Crippen LogP contribution >= 0.6 is 24.0 Å². The van der Waals surface area contributed by atoms with Crippen LogP contribution in [-0.2, 0) is 9.53 Å². The minimum atomic E-state index is -0.0697. The molecule has 0 aliphatic carbocycles. The van der Waals surface area contributed by atoms with E-state index in [0.717, 1.165) is 57.6 Å². The summed E-state index contributed by atoms with van der Waals surface area (Å²) in [4.78, 5) is 23.2. The van der Waals surface area contributed by atoms with E-state index in [0.29, 0.717) is 18.8 Å². The number of carbonyl (C=O) groups excluding carboxylic acids is 1. The summed E-state index contributed by atoms with van der Waals surface area (Å²) in [7, 11) is 0. The maximum Gasteiger partial charge on any atom is 0.227 e. The predicted octanol–water partition coefficient (Wildman–Crippen LogP) is 1.22. The van der Waals surface area contributed by atoms with Crippen LogP contribution in [0.15, 0.2) is 23.2 Å². The van der Waals surface area contributed by atoms with E-state index in [1.807, 2.05) is 26.0 Å². The van der Waals surface area contributed by atoms with E-state index in [1.54, 1.807) is 6.07 Å². The summed E-state index contributed by atoms with van der Waals surface area (Å²) in [5.74, 6) is 1.25. The van der Waals surface area contributed by atoms with E-state index in [-0.39, 0.29) is 29.9 Å². The lowest BCUT2D eigenvalue weighted by atomic mass is 10.3. The van der Waals surface area contributed by atoms with Crippen molar-refractivity contribution in [3.05, 3.63) is 23.9 Å². The molecular formula is C18H31IN6O2. The lowest BCUT2D eigenvalue weighted by Gasteiger charge is -2.25. The Balaban J connectivity index is 0.00000364. The summed E-state index contributed by atoms with van der Waals surface area (Å²) in [5, 5.41) is 9.21. The first-order chi connectivity index (χ1) is 12.7. The molecule has 1 amide bonds. The van der Waals surface area contributed by atoms with Crippen LogP contribution in [0.5, 0.6) is 0 Å². The molecule has 0 spiro atoms. The zero-order chi connectivity index (χ0) is 18.6. The van der Waals surface area contributed by atoms with Gasteiger partial charge in [0.05, 0.1) is 19.8 Å². The third-order valence-electron chi connectivity index (χ3n) is 3.93. The third-order valence-corrected chi connectivity index (χ3v) is 3.93. The summed E-state index contributed by atoms with van der Waals surface area (Å²) in [5.41, 5.74) is 0.878. The van der Waals surface area contributed by atoms with Crippen LogP contribution in [0.1, 0.15) is 19.0 Å². The van der Waals surface area contributed by atoms with Crippen molar-refractivity contribution in [3.8, 4) is 0 Å². The Morgan fingerprint density at radius 3 is 2.78 bits per heavy atom. The molecule has 1 aliphatic rings. The minimum absolute atomic E-state index is 0. The highest BCUT2D eigenvalue weighted by molar-refractivity contribution is 14.0. The van der Waals surface area contributed by atoms with Crippen molar-refractivity contribution in [2.75, 3.05) is 57.8 Å². The van der Waals surface area contributed by atoms with Crippen molar-refractivity contribution < 1.29 is 9.53 Å². The van der Waals surface area contributed by atoms with Crippen LogP contribution in [0.2, 0.25) is 0 Å². The Morgan fingerprint density at radius 2 is 2.07 bits per heavy atom. The van der Waals surface area contributed by atoms with Gasteiger partial charge in [-0.1, -0.05) is 6.07 Å². The number of hydrogen-bond donors (Lipinski definition) is 3. The highest BCUT2D eigenvalue weighted by Crippen LogP contribution is 2.03. The maximum atomic E-state index is 12.0. The highest BCUT2D eigenvalue weighted by Gasteiger charge is 2.09. The summed E-state index contributed by atoms with van der Waals surface area (Å²) in [6.07, 6.45) is 0.351. The van der Waals surface area contributed by atoms with Crippen molar-refractivity contribution >= 4 is 41.7 Å². The number of carbonyl (C=O) groups is 1. The molecule has 152 valence electrons. The summed E-state index contributed by atoms with van der Waals surface area (Å²) in [6.45, 7) is 10.4. The van der Waals surface area contributed by atoms with Crippen molar-refractivity contribution in [2.24, 2.45) is 4.99 Å². The molecule has 1 fully saturated rings. The number of aromatic nitrogens is 1. The van der Waals surface area contributed by atoms with Gasteiger partial charge in [0.1, 0.15) is 5.82 Å². The second kappa shape index (κ2) is 13.7. The van der Waals surface area contributed by atoms with Gasteiger partial charge in [-0.25, -0.2) is 4.98 Å². The first-order valence-corrected chi connectivity index (χ1v) is 9.23. The molecule has 1 aromatic heterocycles. The normalized spacial score (nSPS) is 15.0. The molecule has 1 saturated heterocycles. The Hall–Kier alpha value is -1.46. The van der Waals surface area contributed by atoms with Crippen LogP contribution in [0.25, 0.3) is 0 Å². The van der Waals surface area contributed by atoms with E-state index >= 15 is 0 Å². The molecular weight excluding hydrogens is 459 g/mol. The van der Waals surface area contributed by atoms with Gasteiger partial charge < -0.3 is 20.7 Å². The molecule has 2 rings (SSSR count). The molecule has 8 nitrogen and oxygen atoms in total. The summed E-state index contributed by atoms with van der Waals surface area (Å²) in [6, 6.07) is 5.56. The van der Waals surface area contributed by atoms with Crippen molar-refractivity contribution in [2.45, 2.75) is 20.3 Å². The molecule has 2 heterocycles. The van der Waals surface area contributed by atoms with E-state index in [9.17, 15) is 4.79 Å². The molecule has 1 aliphatic heterocycles. The van der Waals surface area contributed by atoms with Crippen molar-refractivity contribution in [3.63, 3.8) is 0 Å². The second-order valence-corrected chi connectivity index (χ2v) is 6.10. The topological polar surface area (TPSA) is 90.9 Å². The zero-order valence-electron chi connectivity index (χ0n) is 16.2. The average molecular weight is 490 g/mol. The van der Waals surface area contributed by atoms with Gasteiger partial charge in [0.25, 0.3) is 0 Å². The van der Waals surface area contributed by atoms with Gasteiger partial charge in [-0.15, -0.1) is 24.0 Å². The Labute approximate surface area is 178 Å². The van der Waals surface area contributed by atoms with Crippen LogP contribution in [-0.4, -0.2) is 74.2 Å². The number of aryl methyl sites for hydroxylation is 1. The first kappa shape index (κ1) is 23.6. The average Bonchev–Trinajstić information content (AvgIpc) is 2.62. The van der Waals surface area contributed by atoms with Gasteiger partial charge in [0.15, 0.2) is 5.96 Å². The van der Waals surface area contributed by atoms with Crippen molar-refractivity contribution in [1.82, 2.24) is 20.5 Å². The standard InChI is InChI=1S/C18H30N6O2.HI/c1-3-19-18(21-9-10-24-11-13-26-14-12-24)20-8-7-17(25)23-16-6-4-5-15(2)22-16;/h4-6H,3,7-14H2,1-2H3,(H2,19,20,21)(H,22,23,25);1H. The van der Waals surface area contributed by atoms with Gasteiger partial charge in [-0.05, 0) is 26.0 Å². The molecule has 0 saturated carbocycles. The number of nitrogens with zero attached hydrogens (tertiary/aromatic N) is 3. The number of morpholine rings is 1. The number of hydrogen-bond acceptors (Lipinski definition) is 5. The van der Waals surface area contributed by atoms with E-state index in [1.165, 1.54) is 0 Å². The molecule has 27 heavy (non-hydrogen) atoms. The number of aliphatic imine (C=N–C) groups is 1. The number of anilines is 1. The maximum absolute atomic E-state index is 12.0. The molecule has 3 N–H and O–H groups in total. The fraction of sp³-hybridized carbons (Fsp3) is 0.611. The highest BCUT2D eigenvalue weighted by atomic mass is 127. The Morgan fingerprint density at radius 1 is 1.30 bits per heavy atom. The number of amides is 1. The zero-order valence-corrected chi connectivity index (χ0v) is 18.5. The second-order valence-electron chi connectivity index (χ2n) is 6.10. The monoisotopic (exact) mass is 490 g/mol. The number of nitrogens with one attached hydrogen (secondary N) is 3. The number of rotatable bonds is 8.